The molecule has 1 aliphatic rings. The van der Waals surface area contributed by atoms with Crippen LogP contribution in [0.4, 0.5) is 11.5 Å². The number of aromatic nitrogens is 2. The predicted octanol–water partition coefficient (Wildman–Crippen LogP) is 8.47. The van der Waals surface area contributed by atoms with Crippen molar-refractivity contribution in [3.8, 4) is 16.2 Å². The summed E-state index contributed by atoms with van der Waals surface area (Å²) in [6.07, 6.45) is 5.64. The Labute approximate surface area is 226 Å². The summed E-state index contributed by atoms with van der Waals surface area (Å²) >= 11 is 1.74. The third kappa shape index (κ3) is 6.05. The number of hydrogen-bond acceptors (Lipinski definition) is 6. The molecule has 3 heterocycles. The molecule has 0 amide bonds. The lowest BCUT2D eigenvalue weighted by atomic mass is 10.1. The zero-order valence-electron chi connectivity index (χ0n) is 22.7. The second-order valence-electron chi connectivity index (χ2n) is 11.6. The molecule has 0 atom stereocenters. The van der Waals surface area contributed by atoms with E-state index in [0.717, 1.165) is 34.0 Å². The zero-order chi connectivity index (χ0) is 26.0. The van der Waals surface area contributed by atoms with Crippen LogP contribution in [0.25, 0.3) is 20.7 Å². The number of piperidine rings is 1. The quantitative estimate of drug-likeness (QED) is 0.243. The topological polar surface area (TPSA) is 50.3 Å². The van der Waals surface area contributed by atoms with Crippen LogP contribution in [0.5, 0.6) is 5.75 Å². The minimum atomic E-state index is -1.91. The van der Waals surface area contributed by atoms with E-state index < -0.39 is 8.32 Å². The Morgan fingerprint density at radius 2 is 1.76 bits per heavy atom. The Hall–Kier alpha value is -2.74. The van der Waals surface area contributed by atoms with Crippen LogP contribution in [0.15, 0.2) is 60.9 Å². The van der Waals surface area contributed by atoms with Crippen molar-refractivity contribution >= 4 is 41.4 Å². The molecule has 4 aromatic rings. The van der Waals surface area contributed by atoms with E-state index in [4.69, 9.17) is 4.43 Å². The number of nitrogens with one attached hydrogen (secondary N) is 1. The first-order valence-corrected chi connectivity index (χ1v) is 17.0. The lowest BCUT2D eigenvalue weighted by molar-refractivity contribution is 0.221. The average Bonchev–Trinajstić information content (AvgIpc) is 3.30. The number of nitrogens with zero attached hydrogens (tertiary/aromatic N) is 3. The van der Waals surface area contributed by atoms with Crippen LogP contribution in [0.3, 0.4) is 0 Å². The van der Waals surface area contributed by atoms with Gasteiger partial charge in [0.15, 0.2) is 5.82 Å². The van der Waals surface area contributed by atoms with Gasteiger partial charge in [-0.2, -0.15) is 0 Å². The van der Waals surface area contributed by atoms with Crippen molar-refractivity contribution < 1.29 is 4.43 Å². The molecule has 0 saturated carbocycles. The van der Waals surface area contributed by atoms with Crippen LogP contribution < -0.4 is 9.74 Å². The van der Waals surface area contributed by atoms with Gasteiger partial charge in [-0.05, 0) is 79.5 Å². The fourth-order valence-electron chi connectivity index (χ4n) is 4.51. The fourth-order valence-corrected chi connectivity index (χ4v) is 6.58. The number of benzene rings is 2. The van der Waals surface area contributed by atoms with Crippen molar-refractivity contribution in [2.24, 2.45) is 0 Å². The van der Waals surface area contributed by atoms with E-state index in [2.05, 4.69) is 96.5 Å². The van der Waals surface area contributed by atoms with E-state index in [0.29, 0.717) is 0 Å². The van der Waals surface area contributed by atoms with Crippen molar-refractivity contribution in [3.05, 3.63) is 66.5 Å². The van der Waals surface area contributed by atoms with Gasteiger partial charge < -0.3 is 9.74 Å². The highest BCUT2D eigenvalue weighted by Gasteiger charge is 2.39. The van der Waals surface area contributed by atoms with Crippen LogP contribution in [0, 0.1) is 0 Å². The molecule has 0 bridgehead atoms. The van der Waals surface area contributed by atoms with E-state index in [1.54, 1.807) is 17.7 Å². The van der Waals surface area contributed by atoms with Gasteiger partial charge in [0, 0.05) is 23.2 Å². The predicted molar refractivity (Wildman–Crippen MR) is 160 cm³/mol. The van der Waals surface area contributed by atoms with Crippen molar-refractivity contribution in [2.45, 2.75) is 64.7 Å². The smallest absolute Gasteiger partial charge is 0.250 e. The van der Waals surface area contributed by atoms with Gasteiger partial charge in [0.25, 0.3) is 0 Å². The van der Waals surface area contributed by atoms with E-state index in [1.165, 1.54) is 48.4 Å². The summed E-state index contributed by atoms with van der Waals surface area (Å²) in [7, 11) is -1.91. The van der Waals surface area contributed by atoms with Crippen molar-refractivity contribution in [1.82, 2.24) is 14.9 Å². The first-order chi connectivity index (χ1) is 17.7. The van der Waals surface area contributed by atoms with Crippen molar-refractivity contribution in [3.63, 3.8) is 0 Å². The lowest BCUT2D eigenvalue weighted by Gasteiger charge is -2.36. The molecule has 1 aliphatic heterocycles. The summed E-state index contributed by atoms with van der Waals surface area (Å²) in [4.78, 5) is 13.0. The molecule has 2 aromatic carbocycles. The maximum Gasteiger partial charge on any atom is 0.250 e. The second-order valence-corrected chi connectivity index (χ2v) is 17.4. The lowest BCUT2D eigenvalue weighted by Crippen LogP contribution is -2.43. The molecule has 2 aromatic heterocycles. The molecule has 194 valence electrons. The normalized spacial score (nSPS) is 15.2. The number of anilines is 2. The highest BCUT2D eigenvalue weighted by Crippen LogP contribution is 2.39. The van der Waals surface area contributed by atoms with Crippen LogP contribution in [-0.4, -0.2) is 36.3 Å². The summed E-state index contributed by atoms with van der Waals surface area (Å²) in [6.45, 7) is 14.8. The third-order valence-corrected chi connectivity index (χ3v) is 13.2. The Balaban J connectivity index is 1.37. The molecule has 0 aliphatic carbocycles. The Morgan fingerprint density at radius 1 is 0.973 bits per heavy atom. The van der Waals surface area contributed by atoms with Gasteiger partial charge in [0.1, 0.15) is 12.1 Å². The summed E-state index contributed by atoms with van der Waals surface area (Å²) in [5, 5.41) is 3.68. The average molecular weight is 531 g/mol. The highest BCUT2D eigenvalue weighted by atomic mass is 32.1. The number of hydrogen-bond donors (Lipinski definition) is 1. The minimum absolute atomic E-state index is 0.147. The van der Waals surface area contributed by atoms with Gasteiger partial charge in [0.05, 0.1) is 10.2 Å². The van der Waals surface area contributed by atoms with E-state index in [-0.39, 0.29) is 5.04 Å². The van der Waals surface area contributed by atoms with Gasteiger partial charge in [-0.25, -0.2) is 9.97 Å². The zero-order valence-corrected chi connectivity index (χ0v) is 24.5. The van der Waals surface area contributed by atoms with E-state index >= 15 is 0 Å². The monoisotopic (exact) mass is 530 g/mol. The second kappa shape index (κ2) is 10.6. The highest BCUT2D eigenvalue weighted by molar-refractivity contribution is 7.22. The molecule has 1 fully saturated rings. The van der Waals surface area contributed by atoms with Gasteiger partial charge in [-0.15, -0.1) is 11.3 Å². The maximum absolute atomic E-state index is 6.52. The molecule has 0 radical (unpaired) electrons. The fraction of sp³-hybridized carbons (Fsp3) is 0.400. The molecule has 7 heteroatoms. The first-order valence-electron chi connectivity index (χ1n) is 13.3. The van der Waals surface area contributed by atoms with Gasteiger partial charge in [0.2, 0.25) is 8.32 Å². The van der Waals surface area contributed by atoms with Gasteiger partial charge in [-0.1, -0.05) is 51.5 Å². The third-order valence-electron chi connectivity index (χ3n) is 7.65. The Bertz CT molecular complexity index is 1370. The van der Waals surface area contributed by atoms with Crippen molar-refractivity contribution in [2.75, 3.05) is 18.4 Å². The molecule has 5 rings (SSSR count). The molecule has 0 spiro atoms. The maximum atomic E-state index is 6.52. The molecular weight excluding hydrogens is 493 g/mol. The molecule has 0 unspecified atom stereocenters. The molecular formula is C30H38N4OSSi. The summed E-state index contributed by atoms with van der Waals surface area (Å²) < 4.78 is 7.59. The van der Waals surface area contributed by atoms with E-state index in [9.17, 15) is 0 Å². The molecule has 1 saturated heterocycles. The minimum Gasteiger partial charge on any atom is -0.543 e. The van der Waals surface area contributed by atoms with Crippen LogP contribution >= 0.6 is 11.3 Å². The number of fused-ring (bicyclic) bond motifs is 1. The summed E-state index contributed by atoms with van der Waals surface area (Å²) in [5.41, 5.74) is 4.55. The van der Waals surface area contributed by atoms with Crippen LogP contribution in [-0.2, 0) is 6.54 Å². The Kier molecular flexibility index (Phi) is 7.39. The number of likely N-dealkylation sites (tertiary alicyclic amines) is 1. The van der Waals surface area contributed by atoms with Crippen molar-refractivity contribution in [1.29, 1.82) is 0 Å². The van der Waals surface area contributed by atoms with E-state index in [1.807, 2.05) is 12.1 Å². The number of rotatable bonds is 7. The summed E-state index contributed by atoms with van der Waals surface area (Å²) in [5.74, 6) is 1.73. The first kappa shape index (κ1) is 25.9. The van der Waals surface area contributed by atoms with Gasteiger partial charge in [-0.3, -0.25) is 4.90 Å². The Morgan fingerprint density at radius 3 is 2.54 bits per heavy atom. The van der Waals surface area contributed by atoms with Gasteiger partial charge >= 0.3 is 0 Å². The molecule has 5 nitrogen and oxygen atoms in total. The van der Waals surface area contributed by atoms with Crippen LogP contribution in [0.2, 0.25) is 18.1 Å². The molecule has 1 N–H and O–H groups in total. The largest absolute Gasteiger partial charge is 0.543 e. The number of thiophene rings is 1. The SMILES string of the molecule is CC(C)(C)[Si](C)(C)Oc1cccc(Nc2ncnc3cc(-c4cccc(CN5CCCCC5)c4)sc23)c1. The van der Waals surface area contributed by atoms with Crippen LogP contribution in [0.1, 0.15) is 45.6 Å². The molecule has 37 heavy (non-hydrogen) atoms. The summed E-state index contributed by atoms with van der Waals surface area (Å²) in [6, 6.07) is 19.4. The standard InChI is InChI=1S/C30H38N4OSSi/c1-30(2,3)37(4,5)35-25-14-10-13-24(18-25)33-29-28-26(31-21-32-29)19-27(36-28)23-12-9-11-22(17-23)20-34-15-7-6-8-16-34/h9-14,17-19,21H,6-8,15-16,20H2,1-5H3,(H,31,32,33).